The van der Waals surface area contributed by atoms with Crippen LogP contribution in [0.25, 0.3) is 0 Å². The van der Waals surface area contributed by atoms with Crippen molar-refractivity contribution in [3.05, 3.63) is 0 Å². The van der Waals surface area contributed by atoms with Crippen molar-refractivity contribution in [3.63, 3.8) is 0 Å². The Balaban J connectivity index is 1.79. The molecule has 2 aliphatic rings. The Morgan fingerprint density at radius 2 is 2.29 bits per heavy atom. The number of carbonyl (C=O) groups excluding carboxylic acids is 1. The molecular formula is C10H18N2O2. The van der Waals surface area contributed by atoms with E-state index in [2.05, 4.69) is 10.2 Å². The second-order valence-electron chi connectivity index (χ2n) is 4.49. The molecule has 0 bridgehead atoms. The van der Waals surface area contributed by atoms with Crippen molar-refractivity contribution in [2.24, 2.45) is 5.92 Å². The molecule has 2 rings (SSSR count). The second-order valence-corrected chi connectivity index (χ2v) is 4.49. The summed E-state index contributed by atoms with van der Waals surface area (Å²) in [5, 5.41) is 12.1. The average molecular weight is 198 g/mol. The Bertz CT molecular complexity index is 228. The van der Waals surface area contributed by atoms with Crippen LogP contribution < -0.4 is 5.32 Å². The van der Waals surface area contributed by atoms with E-state index in [0.717, 1.165) is 25.8 Å². The molecule has 1 aliphatic carbocycles. The van der Waals surface area contributed by atoms with Crippen molar-refractivity contribution in [2.75, 3.05) is 20.2 Å². The highest BCUT2D eigenvalue weighted by Gasteiger charge is 2.34. The predicted molar refractivity (Wildman–Crippen MR) is 52.8 cm³/mol. The van der Waals surface area contributed by atoms with Gasteiger partial charge in [0.15, 0.2) is 0 Å². The fourth-order valence-electron chi connectivity index (χ4n) is 2.06. The molecule has 1 heterocycles. The first-order valence-corrected chi connectivity index (χ1v) is 5.32. The number of nitrogens with one attached hydrogen (secondary N) is 1. The van der Waals surface area contributed by atoms with Gasteiger partial charge in [-0.2, -0.15) is 0 Å². The van der Waals surface area contributed by atoms with E-state index in [1.807, 2.05) is 7.05 Å². The lowest BCUT2D eigenvalue weighted by Gasteiger charge is -2.15. The summed E-state index contributed by atoms with van der Waals surface area (Å²) in [5.74, 6) is 0.496. The molecule has 4 nitrogen and oxygen atoms in total. The highest BCUT2D eigenvalue weighted by molar-refractivity contribution is 5.81. The van der Waals surface area contributed by atoms with Gasteiger partial charge in [0.2, 0.25) is 5.91 Å². The Labute approximate surface area is 84.3 Å². The topological polar surface area (TPSA) is 52.6 Å². The van der Waals surface area contributed by atoms with Crippen LogP contribution in [0, 0.1) is 5.92 Å². The van der Waals surface area contributed by atoms with Crippen molar-refractivity contribution in [1.82, 2.24) is 10.2 Å². The number of amides is 1. The monoisotopic (exact) mass is 198 g/mol. The molecule has 0 radical (unpaired) electrons. The lowest BCUT2D eigenvalue weighted by molar-refractivity contribution is -0.122. The van der Waals surface area contributed by atoms with Crippen molar-refractivity contribution in [1.29, 1.82) is 0 Å². The largest absolute Gasteiger partial charge is 0.395 e. The summed E-state index contributed by atoms with van der Waals surface area (Å²) < 4.78 is 0. The summed E-state index contributed by atoms with van der Waals surface area (Å²) in [4.78, 5) is 13.6. The minimum Gasteiger partial charge on any atom is -0.395 e. The highest BCUT2D eigenvalue weighted by atomic mass is 16.3. The number of hydrogen-bond donors (Lipinski definition) is 2. The van der Waals surface area contributed by atoms with Gasteiger partial charge in [0.05, 0.1) is 6.61 Å². The standard InChI is InChI=1S/C10H18N2O2/c1-12-5-8(4-9(12)6-13)11-10(14)7-2-3-7/h7-9,13H,2-6H2,1H3,(H,11,14). The SMILES string of the molecule is CN1CC(NC(=O)C2CC2)CC1CO. The van der Waals surface area contributed by atoms with Gasteiger partial charge in [-0.05, 0) is 26.3 Å². The third-order valence-electron chi connectivity index (χ3n) is 3.19. The third kappa shape index (κ3) is 2.07. The Morgan fingerprint density at radius 1 is 1.57 bits per heavy atom. The molecule has 1 amide bonds. The highest BCUT2D eigenvalue weighted by Crippen LogP contribution is 2.29. The lowest BCUT2D eigenvalue weighted by atomic mass is 10.2. The van der Waals surface area contributed by atoms with E-state index in [9.17, 15) is 4.79 Å². The number of hydrogen-bond acceptors (Lipinski definition) is 3. The lowest BCUT2D eigenvalue weighted by Crippen LogP contribution is -2.37. The van der Waals surface area contributed by atoms with Gasteiger partial charge in [0.25, 0.3) is 0 Å². The minimum absolute atomic E-state index is 0.187. The molecule has 0 aromatic heterocycles. The maximum absolute atomic E-state index is 11.5. The van der Waals surface area contributed by atoms with Crippen molar-refractivity contribution < 1.29 is 9.90 Å². The van der Waals surface area contributed by atoms with Crippen LogP contribution in [0.3, 0.4) is 0 Å². The summed E-state index contributed by atoms with van der Waals surface area (Å²) in [7, 11) is 1.99. The van der Waals surface area contributed by atoms with E-state index < -0.39 is 0 Å². The van der Waals surface area contributed by atoms with E-state index in [4.69, 9.17) is 5.11 Å². The molecule has 1 saturated heterocycles. The van der Waals surface area contributed by atoms with E-state index in [1.165, 1.54) is 0 Å². The molecule has 2 fully saturated rings. The van der Waals surface area contributed by atoms with Gasteiger partial charge in [-0.1, -0.05) is 0 Å². The van der Waals surface area contributed by atoms with E-state index in [1.54, 1.807) is 0 Å². The van der Waals surface area contributed by atoms with E-state index in [-0.39, 0.29) is 30.5 Å². The van der Waals surface area contributed by atoms with Gasteiger partial charge < -0.3 is 10.4 Å². The Kier molecular flexibility index (Phi) is 2.74. The van der Waals surface area contributed by atoms with Gasteiger partial charge in [0, 0.05) is 24.5 Å². The van der Waals surface area contributed by atoms with Crippen molar-refractivity contribution in [3.8, 4) is 0 Å². The number of aliphatic hydroxyl groups is 1. The zero-order chi connectivity index (χ0) is 10.1. The first-order chi connectivity index (χ1) is 6.70. The molecule has 0 spiro atoms. The molecule has 14 heavy (non-hydrogen) atoms. The number of carbonyl (C=O) groups is 1. The van der Waals surface area contributed by atoms with Crippen LogP contribution in [0.4, 0.5) is 0 Å². The molecule has 2 unspecified atom stereocenters. The number of aliphatic hydroxyl groups excluding tert-OH is 1. The molecule has 0 aromatic carbocycles. The van der Waals surface area contributed by atoms with Gasteiger partial charge in [-0.25, -0.2) is 0 Å². The zero-order valence-electron chi connectivity index (χ0n) is 8.57. The molecule has 4 heteroatoms. The Hall–Kier alpha value is -0.610. The van der Waals surface area contributed by atoms with Crippen molar-refractivity contribution in [2.45, 2.75) is 31.3 Å². The number of rotatable bonds is 3. The third-order valence-corrected chi connectivity index (χ3v) is 3.19. The summed E-state index contributed by atoms with van der Waals surface area (Å²) in [6, 6.07) is 0.463. The second kappa shape index (κ2) is 3.87. The zero-order valence-corrected chi connectivity index (χ0v) is 8.57. The van der Waals surface area contributed by atoms with E-state index >= 15 is 0 Å². The van der Waals surface area contributed by atoms with Gasteiger partial charge in [-0.3, -0.25) is 9.69 Å². The van der Waals surface area contributed by atoms with Gasteiger partial charge in [0.1, 0.15) is 0 Å². The van der Waals surface area contributed by atoms with Crippen LogP contribution in [0.15, 0.2) is 0 Å². The van der Waals surface area contributed by atoms with E-state index in [0.29, 0.717) is 0 Å². The predicted octanol–water partition coefficient (Wildman–Crippen LogP) is -0.422. The maximum atomic E-state index is 11.5. The molecule has 2 N–H and O–H groups in total. The molecule has 80 valence electrons. The minimum atomic E-state index is 0.187. The van der Waals surface area contributed by atoms with Gasteiger partial charge in [-0.15, -0.1) is 0 Å². The number of nitrogens with zero attached hydrogens (tertiary/aromatic N) is 1. The van der Waals surface area contributed by atoms with Crippen LogP contribution in [-0.4, -0.2) is 48.2 Å². The average Bonchev–Trinajstić information content (AvgIpc) is 2.92. The summed E-state index contributed by atoms with van der Waals surface area (Å²) in [6.45, 7) is 1.05. The van der Waals surface area contributed by atoms with Crippen molar-refractivity contribution >= 4 is 5.91 Å². The molecule has 2 atom stereocenters. The first-order valence-electron chi connectivity index (χ1n) is 5.32. The maximum Gasteiger partial charge on any atom is 0.223 e. The van der Waals surface area contributed by atoms with Crippen LogP contribution in [0.5, 0.6) is 0 Å². The molecular weight excluding hydrogens is 180 g/mol. The molecule has 1 saturated carbocycles. The summed E-state index contributed by atoms with van der Waals surface area (Å²) in [6.07, 6.45) is 2.99. The fraction of sp³-hybridized carbons (Fsp3) is 0.900. The van der Waals surface area contributed by atoms with Crippen LogP contribution in [0.1, 0.15) is 19.3 Å². The quantitative estimate of drug-likeness (QED) is 0.647. The first kappa shape index (κ1) is 9.93. The summed E-state index contributed by atoms with van der Waals surface area (Å²) >= 11 is 0. The normalized spacial score (nSPS) is 33.3. The van der Waals surface area contributed by atoms with Crippen LogP contribution in [-0.2, 0) is 4.79 Å². The Morgan fingerprint density at radius 3 is 2.79 bits per heavy atom. The van der Waals surface area contributed by atoms with Crippen LogP contribution >= 0.6 is 0 Å². The number of likely N-dealkylation sites (N-methyl/N-ethyl adjacent to an activating group) is 1. The fourth-order valence-corrected chi connectivity index (χ4v) is 2.06. The number of likely N-dealkylation sites (tertiary alicyclic amines) is 1. The smallest absolute Gasteiger partial charge is 0.223 e. The molecule has 0 aromatic rings. The summed E-state index contributed by atoms with van der Waals surface area (Å²) in [5.41, 5.74) is 0. The van der Waals surface area contributed by atoms with Gasteiger partial charge >= 0.3 is 0 Å². The van der Waals surface area contributed by atoms with Crippen LogP contribution in [0.2, 0.25) is 0 Å². The molecule has 1 aliphatic heterocycles.